The highest BCUT2D eigenvalue weighted by Gasteiger charge is 2.15. The Labute approximate surface area is 153 Å². The van der Waals surface area contributed by atoms with Gasteiger partial charge in [0.05, 0.1) is 4.88 Å². The first kappa shape index (κ1) is 16.3. The molecule has 0 saturated heterocycles. The zero-order valence-electron chi connectivity index (χ0n) is 13.8. The number of carbonyl (C=O) groups is 1. The molecule has 0 amide bonds. The van der Waals surface area contributed by atoms with Gasteiger partial charge in [-0.15, -0.1) is 11.3 Å². The Balaban J connectivity index is 1.42. The summed E-state index contributed by atoms with van der Waals surface area (Å²) in [6.07, 6.45) is 0. The predicted octanol–water partition coefficient (Wildman–Crippen LogP) is 4.84. The van der Waals surface area contributed by atoms with Crippen LogP contribution in [0.3, 0.4) is 0 Å². The Morgan fingerprint density at radius 2 is 2.00 bits per heavy atom. The van der Waals surface area contributed by atoms with Crippen LogP contribution in [0.2, 0.25) is 0 Å². The first-order valence-electron chi connectivity index (χ1n) is 7.89. The number of ketones is 1. The first-order chi connectivity index (χ1) is 12.7. The first-order valence-corrected chi connectivity index (χ1v) is 8.77. The Bertz CT molecular complexity index is 1020. The maximum Gasteiger partial charge on any atom is 0.293 e. The molecule has 1 aromatic carbocycles. The average Bonchev–Trinajstić information content (AvgIpc) is 3.40. The Morgan fingerprint density at radius 1 is 1.15 bits per heavy atom. The van der Waals surface area contributed by atoms with Crippen LogP contribution in [0.25, 0.3) is 22.4 Å². The fourth-order valence-corrected chi connectivity index (χ4v) is 2.99. The van der Waals surface area contributed by atoms with Gasteiger partial charge in [0, 0.05) is 5.56 Å². The van der Waals surface area contributed by atoms with Gasteiger partial charge in [-0.05, 0) is 54.8 Å². The number of Topliss-reactive ketones (excluding diaryl/α,β-unsaturated/α-hetero) is 1. The molecular formula is C19H14N2O4S. The second kappa shape index (κ2) is 6.97. The van der Waals surface area contributed by atoms with E-state index < -0.39 is 0 Å². The van der Waals surface area contributed by atoms with Gasteiger partial charge in [-0.2, -0.15) is 4.98 Å². The van der Waals surface area contributed by atoms with Crippen LogP contribution >= 0.6 is 11.3 Å². The molecule has 0 aliphatic heterocycles. The van der Waals surface area contributed by atoms with E-state index in [9.17, 15) is 4.79 Å². The SMILES string of the molecule is CC(=O)c1ccc(OCc2ccc(-c3nc(-c4cccs4)no3)o2)cc1. The minimum atomic E-state index is 0.0219. The molecule has 0 unspecified atom stereocenters. The Morgan fingerprint density at radius 3 is 2.73 bits per heavy atom. The van der Waals surface area contributed by atoms with Gasteiger partial charge in [0.1, 0.15) is 18.1 Å². The summed E-state index contributed by atoms with van der Waals surface area (Å²) in [5.41, 5.74) is 0.649. The molecule has 6 nitrogen and oxygen atoms in total. The van der Waals surface area contributed by atoms with Crippen molar-refractivity contribution in [3.63, 3.8) is 0 Å². The van der Waals surface area contributed by atoms with Crippen molar-refractivity contribution in [1.82, 2.24) is 10.1 Å². The zero-order valence-corrected chi connectivity index (χ0v) is 14.7. The lowest BCUT2D eigenvalue weighted by atomic mass is 10.1. The number of benzene rings is 1. The number of furan rings is 1. The second-order valence-electron chi connectivity index (χ2n) is 5.54. The summed E-state index contributed by atoms with van der Waals surface area (Å²) in [6, 6.07) is 14.4. The largest absolute Gasteiger partial charge is 0.486 e. The topological polar surface area (TPSA) is 78.4 Å². The number of ether oxygens (including phenoxy) is 1. The number of aromatic nitrogens is 2. The smallest absolute Gasteiger partial charge is 0.293 e. The third-order valence-electron chi connectivity index (χ3n) is 3.68. The second-order valence-corrected chi connectivity index (χ2v) is 6.48. The van der Waals surface area contributed by atoms with Crippen LogP contribution in [-0.4, -0.2) is 15.9 Å². The van der Waals surface area contributed by atoms with Gasteiger partial charge < -0.3 is 13.7 Å². The van der Waals surface area contributed by atoms with Gasteiger partial charge in [0.25, 0.3) is 5.89 Å². The zero-order chi connectivity index (χ0) is 17.9. The van der Waals surface area contributed by atoms with Crippen molar-refractivity contribution in [2.24, 2.45) is 0 Å². The Hall–Kier alpha value is -3.19. The van der Waals surface area contributed by atoms with Crippen molar-refractivity contribution in [2.75, 3.05) is 0 Å². The van der Waals surface area contributed by atoms with Gasteiger partial charge in [0.15, 0.2) is 11.5 Å². The lowest BCUT2D eigenvalue weighted by molar-refractivity contribution is 0.101. The van der Waals surface area contributed by atoms with Crippen LogP contribution < -0.4 is 4.74 Å². The lowest BCUT2D eigenvalue weighted by Gasteiger charge is -2.04. The maximum absolute atomic E-state index is 11.3. The highest BCUT2D eigenvalue weighted by Crippen LogP contribution is 2.26. The summed E-state index contributed by atoms with van der Waals surface area (Å²) < 4.78 is 16.6. The van der Waals surface area contributed by atoms with Crippen molar-refractivity contribution < 1.29 is 18.5 Å². The van der Waals surface area contributed by atoms with E-state index in [1.165, 1.54) is 6.92 Å². The highest BCUT2D eigenvalue weighted by atomic mass is 32.1. The number of hydrogen-bond acceptors (Lipinski definition) is 7. The number of thiophene rings is 1. The summed E-state index contributed by atoms with van der Waals surface area (Å²) in [7, 11) is 0. The maximum atomic E-state index is 11.3. The minimum absolute atomic E-state index is 0.0219. The molecular weight excluding hydrogens is 352 g/mol. The molecule has 0 atom stereocenters. The molecule has 0 saturated carbocycles. The molecule has 0 aliphatic rings. The van der Waals surface area contributed by atoms with Crippen molar-refractivity contribution in [3.8, 4) is 28.1 Å². The van der Waals surface area contributed by atoms with Gasteiger partial charge in [0.2, 0.25) is 5.82 Å². The summed E-state index contributed by atoms with van der Waals surface area (Å²) in [5.74, 6) is 2.66. The van der Waals surface area contributed by atoms with E-state index in [1.807, 2.05) is 17.5 Å². The molecule has 0 fully saturated rings. The van der Waals surface area contributed by atoms with E-state index in [-0.39, 0.29) is 12.4 Å². The van der Waals surface area contributed by atoms with Gasteiger partial charge in [-0.25, -0.2) is 0 Å². The van der Waals surface area contributed by atoms with E-state index in [0.29, 0.717) is 34.5 Å². The molecule has 0 bridgehead atoms. The summed E-state index contributed by atoms with van der Waals surface area (Å²) in [5, 5.41) is 5.92. The number of nitrogens with zero attached hydrogens (tertiary/aromatic N) is 2. The van der Waals surface area contributed by atoms with Crippen LogP contribution in [0.4, 0.5) is 0 Å². The molecule has 0 spiro atoms. The molecule has 0 radical (unpaired) electrons. The van der Waals surface area contributed by atoms with E-state index in [1.54, 1.807) is 47.7 Å². The molecule has 0 N–H and O–H groups in total. The van der Waals surface area contributed by atoms with Crippen LogP contribution in [0.1, 0.15) is 23.0 Å². The van der Waals surface area contributed by atoms with Crippen LogP contribution in [0.5, 0.6) is 5.75 Å². The molecule has 0 aliphatic carbocycles. The third kappa shape index (κ3) is 3.43. The molecule has 4 rings (SSSR count). The summed E-state index contributed by atoms with van der Waals surface area (Å²) in [6.45, 7) is 1.78. The number of hydrogen-bond donors (Lipinski definition) is 0. The Kier molecular flexibility index (Phi) is 4.37. The van der Waals surface area contributed by atoms with E-state index in [2.05, 4.69) is 10.1 Å². The predicted molar refractivity (Wildman–Crippen MR) is 96.1 cm³/mol. The monoisotopic (exact) mass is 366 g/mol. The van der Waals surface area contributed by atoms with E-state index in [4.69, 9.17) is 13.7 Å². The third-order valence-corrected chi connectivity index (χ3v) is 4.55. The average molecular weight is 366 g/mol. The summed E-state index contributed by atoms with van der Waals surface area (Å²) in [4.78, 5) is 16.6. The molecule has 7 heteroatoms. The van der Waals surface area contributed by atoms with Crippen LogP contribution in [0.15, 0.2) is 62.9 Å². The normalized spacial score (nSPS) is 10.8. The fourth-order valence-electron chi connectivity index (χ4n) is 2.34. The minimum Gasteiger partial charge on any atom is -0.486 e. The van der Waals surface area contributed by atoms with Crippen LogP contribution in [0, 0.1) is 0 Å². The number of carbonyl (C=O) groups excluding carboxylic acids is 1. The highest BCUT2D eigenvalue weighted by molar-refractivity contribution is 7.13. The standard InChI is InChI=1S/C19H14N2O4S/c1-12(22)13-4-6-14(7-5-13)23-11-15-8-9-16(24-15)19-20-18(21-25-19)17-3-2-10-26-17/h2-10H,11H2,1H3. The quantitative estimate of drug-likeness (QED) is 0.454. The molecule has 3 aromatic heterocycles. The molecule has 3 heterocycles. The van der Waals surface area contributed by atoms with E-state index >= 15 is 0 Å². The van der Waals surface area contributed by atoms with Crippen LogP contribution in [-0.2, 0) is 6.61 Å². The molecule has 26 heavy (non-hydrogen) atoms. The molecule has 130 valence electrons. The lowest BCUT2D eigenvalue weighted by Crippen LogP contribution is -1.95. The fraction of sp³-hybridized carbons (Fsp3) is 0.105. The van der Waals surface area contributed by atoms with Gasteiger partial charge >= 0.3 is 0 Å². The van der Waals surface area contributed by atoms with Gasteiger partial charge in [-0.3, -0.25) is 4.79 Å². The van der Waals surface area contributed by atoms with Gasteiger partial charge in [-0.1, -0.05) is 11.2 Å². The van der Waals surface area contributed by atoms with Crippen molar-refractivity contribution in [1.29, 1.82) is 0 Å². The van der Waals surface area contributed by atoms with E-state index in [0.717, 1.165) is 4.88 Å². The summed E-state index contributed by atoms with van der Waals surface area (Å²) >= 11 is 1.54. The van der Waals surface area contributed by atoms with Crippen molar-refractivity contribution in [2.45, 2.75) is 13.5 Å². The molecule has 4 aromatic rings. The van der Waals surface area contributed by atoms with Crippen molar-refractivity contribution >= 4 is 17.1 Å². The van der Waals surface area contributed by atoms with Crippen molar-refractivity contribution in [3.05, 3.63) is 65.2 Å². The number of rotatable bonds is 6.